The molecule has 0 aromatic rings. The van der Waals surface area contributed by atoms with Crippen molar-refractivity contribution in [1.29, 1.82) is 0 Å². The maximum absolute atomic E-state index is 5.45. The zero-order valence-electron chi connectivity index (χ0n) is 5.63. The molecule has 1 heterocycles. The number of hydrogen-bond donors (Lipinski definition) is 1. The molecule has 0 radical (unpaired) electrons. The molecule has 1 rings (SSSR count). The molecule has 1 fully saturated rings. The Labute approximate surface area is 61.0 Å². The fourth-order valence-electron chi connectivity index (χ4n) is 1.26. The highest BCUT2D eigenvalue weighted by atomic mass is 32.1. The van der Waals surface area contributed by atoms with Gasteiger partial charge in [-0.2, -0.15) is 0 Å². The van der Waals surface area contributed by atoms with E-state index in [1.54, 1.807) is 0 Å². The fourth-order valence-corrected chi connectivity index (χ4v) is 1.53. The highest BCUT2D eigenvalue weighted by Gasteiger charge is 2.20. The third-order valence-electron chi connectivity index (χ3n) is 1.84. The van der Waals surface area contributed by atoms with E-state index < -0.39 is 0 Å². The van der Waals surface area contributed by atoms with Gasteiger partial charge in [-0.25, -0.2) is 0 Å². The molecule has 9 heavy (non-hydrogen) atoms. The van der Waals surface area contributed by atoms with Gasteiger partial charge in [-0.1, -0.05) is 0 Å². The van der Waals surface area contributed by atoms with Crippen LogP contribution >= 0.6 is 12.2 Å². The summed E-state index contributed by atoms with van der Waals surface area (Å²) in [6, 6.07) is 0.572. The van der Waals surface area contributed by atoms with Gasteiger partial charge in [-0.3, -0.25) is 0 Å². The molecule has 1 saturated heterocycles. The largest absolute Gasteiger partial charge is 0.376 e. The third-order valence-corrected chi connectivity index (χ3v) is 2.07. The van der Waals surface area contributed by atoms with Crippen molar-refractivity contribution in [3.63, 3.8) is 0 Å². The van der Waals surface area contributed by atoms with Crippen LogP contribution < -0.4 is 5.73 Å². The number of thiocarbonyl (C=S) groups is 1. The minimum absolute atomic E-state index is 0.556. The van der Waals surface area contributed by atoms with Crippen LogP contribution in [0.25, 0.3) is 0 Å². The van der Waals surface area contributed by atoms with Gasteiger partial charge in [0.1, 0.15) is 0 Å². The quantitative estimate of drug-likeness (QED) is 0.508. The number of nitrogens with zero attached hydrogens (tertiary/aromatic N) is 1. The third kappa shape index (κ3) is 1.33. The van der Waals surface area contributed by atoms with Gasteiger partial charge in [-0.05, 0) is 32.0 Å². The van der Waals surface area contributed by atoms with E-state index in [-0.39, 0.29) is 0 Å². The first-order valence-corrected chi connectivity index (χ1v) is 3.68. The Morgan fingerprint density at radius 3 is 2.67 bits per heavy atom. The van der Waals surface area contributed by atoms with Gasteiger partial charge in [0.15, 0.2) is 5.11 Å². The summed E-state index contributed by atoms with van der Waals surface area (Å²) in [6.45, 7) is 3.21. The minimum atomic E-state index is 0.556. The van der Waals surface area contributed by atoms with Crippen molar-refractivity contribution >= 4 is 17.3 Å². The van der Waals surface area contributed by atoms with Crippen molar-refractivity contribution in [3.05, 3.63) is 0 Å². The lowest BCUT2D eigenvalue weighted by Crippen LogP contribution is -2.37. The lowest BCUT2D eigenvalue weighted by molar-refractivity contribution is 0.418. The molecule has 2 nitrogen and oxygen atoms in total. The molecule has 1 aliphatic heterocycles. The second-order valence-electron chi connectivity index (χ2n) is 2.52. The maximum Gasteiger partial charge on any atom is 0.166 e. The van der Waals surface area contributed by atoms with E-state index in [4.69, 9.17) is 18.0 Å². The molecule has 2 N–H and O–H groups in total. The minimum Gasteiger partial charge on any atom is -0.376 e. The maximum atomic E-state index is 5.45. The molecule has 0 amide bonds. The molecule has 0 saturated carbocycles. The van der Waals surface area contributed by atoms with Crippen LogP contribution in [0.15, 0.2) is 0 Å². The van der Waals surface area contributed by atoms with E-state index in [2.05, 4.69) is 11.8 Å². The molecule has 0 aliphatic carbocycles. The zero-order chi connectivity index (χ0) is 6.85. The predicted octanol–water partition coefficient (Wildman–Crippen LogP) is 0.714. The first kappa shape index (κ1) is 6.81. The second-order valence-corrected chi connectivity index (χ2v) is 2.94. The average Bonchev–Trinajstić information content (AvgIpc) is 2.13. The van der Waals surface area contributed by atoms with Crippen molar-refractivity contribution in [1.82, 2.24) is 4.90 Å². The van der Waals surface area contributed by atoms with Crippen molar-refractivity contribution in [2.45, 2.75) is 25.8 Å². The molecule has 0 aromatic heterocycles. The Morgan fingerprint density at radius 1 is 1.78 bits per heavy atom. The van der Waals surface area contributed by atoms with Crippen LogP contribution in [0.4, 0.5) is 0 Å². The van der Waals surface area contributed by atoms with E-state index >= 15 is 0 Å². The van der Waals surface area contributed by atoms with Crippen LogP contribution in [-0.2, 0) is 0 Å². The summed E-state index contributed by atoms with van der Waals surface area (Å²) in [5.41, 5.74) is 5.45. The summed E-state index contributed by atoms with van der Waals surface area (Å²) in [4.78, 5) is 2.08. The first-order valence-electron chi connectivity index (χ1n) is 3.28. The van der Waals surface area contributed by atoms with Crippen molar-refractivity contribution < 1.29 is 0 Å². The summed E-state index contributed by atoms with van der Waals surface area (Å²) in [5.74, 6) is 0. The molecule has 52 valence electrons. The molecule has 0 spiro atoms. The van der Waals surface area contributed by atoms with E-state index in [9.17, 15) is 0 Å². The van der Waals surface area contributed by atoms with Crippen LogP contribution in [0.2, 0.25) is 0 Å². The van der Waals surface area contributed by atoms with E-state index in [1.165, 1.54) is 12.8 Å². The van der Waals surface area contributed by atoms with Crippen molar-refractivity contribution in [2.75, 3.05) is 6.54 Å². The molecule has 0 aromatic carbocycles. The normalized spacial score (nSPS) is 26.8. The van der Waals surface area contributed by atoms with Gasteiger partial charge >= 0.3 is 0 Å². The molecular weight excluding hydrogens is 132 g/mol. The fraction of sp³-hybridized carbons (Fsp3) is 0.833. The Balaban J connectivity index is 2.49. The zero-order valence-corrected chi connectivity index (χ0v) is 6.45. The average molecular weight is 144 g/mol. The summed E-state index contributed by atoms with van der Waals surface area (Å²) in [7, 11) is 0. The van der Waals surface area contributed by atoms with Gasteiger partial charge in [0.25, 0.3) is 0 Å². The van der Waals surface area contributed by atoms with Gasteiger partial charge in [0, 0.05) is 12.6 Å². The van der Waals surface area contributed by atoms with E-state index in [0.29, 0.717) is 11.2 Å². The number of hydrogen-bond acceptors (Lipinski definition) is 1. The molecule has 1 atom stereocenters. The molecule has 1 aliphatic rings. The van der Waals surface area contributed by atoms with E-state index in [0.717, 1.165) is 6.54 Å². The topological polar surface area (TPSA) is 29.3 Å². The lowest BCUT2D eigenvalue weighted by atomic mass is 10.2. The highest BCUT2D eigenvalue weighted by molar-refractivity contribution is 7.80. The first-order chi connectivity index (χ1) is 4.22. The number of likely N-dealkylation sites (tertiary alicyclic amines) is 1. The second kappa shape index (κ2) is 2.52. The summed E-state index contributed by atoms with van der Waals surface area (Å²) in [5, 5.41) is 0.556. The Bertz CT molecular complexity index is 124. The summed E-state index contributed by atoms with van der Waals surface area (Å²) >= 11 is 4.84. The number of nitrogens with two attached hydrogens (primary N) is 1. The smallest absolute Gasteiger partial charge is 0.166 e. The van der Waals surface area contributed by atoms with Crippen molar-refractivity contribution in [2.24, 2.45) is 5.73 Å². The lowest BCUT2D eigenvalue weighted by Gasteiger charge is -2.20. The van der Waals surface area contributed by atoms with Crippen molar-refractivity contribution in [3.8, 4) is 0 Å². The Kier molecular flexibility index (Phi) is 1.90. The van der Waals surface area contributed by atoms with Crippen LogP contribution in [0.1, 0.15) is 19.8 Å². The van der Waals surface area contributed by atoms with Gasteiger partial charge in [-0.15, -0.1) is 0 Å². The van der Waals surface area contributed by atoms with Crippen LogP contribution in [0.3, 0.4) is 0 Å². The number of rotatable bonds is 0. The highest BCUT2D eigenvalue weighted by Crippen LogP contribution is 2.15. The summed E-state index contributed by atoms with van der Waals surface area (Å²) in [6.07, 6.45) is 2.47. The Morgan fingerprint density at radius 2 is 2.44 bits per heavy atom. The standard InChI is InChI=1S/C6H12N2S/c1-5-3-2-4-8(5)6(7)9/h5H,2-4H2,1H3,(H2,7,9). The molecule has 0 bridgehead atoms. The van der Waals surface area contributed by atoms with Gasteiger partial charge in [0.2, 0.25) is 0 Å². The van der Waals surface area contributed by atoms with Gasteiger partial charge in [0.05, 0.1) is 0 Å². The molecule has 3 heteroatoms. The monoisotopic (exact) mass is 144 g/mol. The summed E-state index contributed by atoms with van der Waals surface area (Å²) < 4.78 is 0. The van der Waals surface area contributed by atoms with Crippen LogP contribution in [0.5, 0.6) is 0 Å². The Hall–Kier alpha value is -0.310. The SMILES string of the molecule is CC1CCCN1C(N)=S. The molecule has 1 unspecified atom stereocenters. The van der Waals surface area contributed by atoms with Crippen LogP contribution in [0, 0.1) is 0 Å². The van der Waals surface area contributed by atoms with Gasteiger partial charge < -0.3 is 10.6 Å². The molecular formula is C6H12N2S. The predicted molar refractivity (Wildman–Crippen MR) is 42.2 cm³/mol. The van der Waals surface area contributed by atoms with E-state index in [1.807, 2.05) is 0 Å². The van der Waals surface area contributed by atoms with Crippen LogP contribution in [-0.4, -0.2) is 22.6 Å².